The Bertz CT molecular complexity index is 2260. The number of H-pyrrole nitrogens is 1. The molecule has 1 N–H and O–H groups in total. The number of nitrogens with zero attached hydrogens (tertiary/aromatic N) is 1. The van der Waals surface area contributed by atoms with Gasteiger partial charge in [-0.2, -0.15) is 0 Å². The summed E-state index contributed by atoms with van der Waals surface area (Å²) in [4.78, 5) is 4.02. The van der Waals surface area contributed by atoms with E-state index in [2.05, 4.69) is 127 Å². The fraction of sp³-hybridized carbons (Fsp3) is 0.200. The molecule has 0 fully saturated rings. The van der Waals surface area contributed by atoms with Crippen molar-refractivity contribution < 1.29 is 0 Å². The van der Waals surface area contributed by atoms with E-state index in [1.807, 2.05) is 0 Å². The average Bonchev–Trinajstić information content (AvgIpc) is 3.66. The van der Waals surface area contributed by atoms with E-state index in [9.17, 15) is 0 Å². The molecular weight excluding hydrogens is 519 g/mol. The van der Waals surface area contributed by atoms with Gasteiger partial charge in [0.25, 0.3) is 0 Å². The predicted octanol–water partition coefficient (Wildman–Crippen LogP) is 8.67. The number of hydrogen-bond donors (Lipinski definition) is 1. The molecule has 0 saturated carbocycles. The number of aryl methyl sites for hydroxylation is 1. The van der Waals surface area contributed by atoms with Crippen LogP contribution in [0.3, 0.4) is 0 Å². The molecule has 3 heterocycles. The van der Waals surface area contributed by atoms with Gasteiger partial charge in [0.1, 0.15) is 0 Å². The molecule has 1 aliphatic carbocycles. The molecule has 0 bridgehead atoms. The smallest absolute Gasteiger partial charge is 0.198 e. The van der Waals surface area contributed by atoms with E-state index in [-0.39, 0.29) is 5.41 Å². The summed E-state index contributed by atoms with van der Waals surface area (Å²) in [5, 5.41) is 4.04. The Labute approximate surface area is 253 Å². The molecule has 2 aromatic heterocycles. The molecule has 0 atom stereocenters. The molecular formula is C40H35BN2. The molecule has 3 heteroatoms. The van der Waals surface area contributed by atoms with Gasteiger partial charge in [-0.3, -0.25) is 0 Å². The van der Waals surface area contributed by atoms with Crippen molar-refractivity contribution in [3.63, 3.8) is 0 Å². The largest absolute Gasteiger partial charge is 0.357 e. The standard InChI is InChI=1S/C40H35BN2/c1-4-5-6-13-24-22-30(26-16-11-18-29-35-28-15-7-9-19-31(28)40(2,3)39(35)42-37(26)29)36-34(23-24)43-33-21-10-8-14-25(33)27-17-12-20-32(41-36)38(27)43/h7-12,14-23,41-42H,4-6,13H2,1-3H3. The van der Waals surface area contributed by atoms with Crippen LogP contribution in [0.25, 0.3) is 60.6 Å². The van der Waals surface area contributed by atoms with Crippen molar-refractivity contribution in [2.75, 3.05) is 0 Å². The lowest BCUT2D eigenvalue weighted by Crippen LogP contribution is -2.37. The summed E-state index contributed by atoms with van der Waals surface area (Å²) in [6, 6.07) is 36.8. The van der Waals surface area contributed by atoms with Crippen LogP contribution >= 0.6 is 0 Å². The minimum Gasteiger partial charge on any atom is -0.357 e. The fourth-order valence-electron chi connectivity index (χ4n) is 8.31. The van der Waals surface area contributed by atoms with Crippen molar-refractivity contribution in [2.45, 2.75) is 51.9 Å². The zero-order valence-corrected chi connectivity index (χ0v) is 25.2. The van der Waals surface area contributed by atoms with E-state index >= 15 is 0 Å². The van der Waals surface area contributed by atoms with Crippen LogP contribution in [0, 0.1) is 0 Å². The van der Waals surface area contributed by atoms with Gasteiger partial charge < -0.3 is 9.55 Å². The number of unbranched alkanes of at least 4 members (excludes halogenated alkanes) is 2. The number of fused-ring (bicyclic) bond motifs is 10. The predicted molar refractivity (Wildman–Crippen MR) is 185 cm³/mol. The van der Waals surface area contributed by atoms with Crippen LogP contribution in [0.4, 0.5) is 0 Å². The van der Waals surface area contributed by atoms with E-state index in [4.69, 9.17) is 0 Å². The number of aromatic amines is 1. The van der Waals surface area contributed by atoms with E-state index in [0.29, 0.717) is 0 Å². The van der Waals surface area contributed by atoms with Crippen molar-refractivity contribution in [2.24, 2.45) is 0 Å². The van der Waals surface area contributed by atoms with Gasteiger partial charge in [0.15, 0.2) is 7.28 Å². The summed E-state index contributed by atoms with van der Waals surface area (Å²) in [6.45, 7) is 7.02. The molecule has 7 aromatic rings. The second-order valence-electron chi connectivity index (χ2n) is 13.2. The van der Waals surface area contributed by atoms with Gasteiger partial charge in [-0.15, -0.1) is 0 Å². The molecule has 0 unspecified atom stereocenters. The fourth-order valence-corrected chi connectivity index (χ4v) is 8.31. The summed E-state index contributed by atoms with van der Waals surface area (Å²) in [5.74, 6) is 0. The molecule has 0 saturated heterocycles. The number of aromatic nitrogens is 2. The van der Waals surface area contributed by atoms with E-state index in [0.717, 1.165) is 13.7 Å². The summed E-state index contributed by atoms with van der Waals surface area (Å²) in [6.07, 6.45) is 4.83. The van der Waals surface area contributed by atoms with Crippen LogP contribution in [-0.4, -0.2) is 16.8 Å². The number of benzene rings is 5. The van der Waals surface area contributed by atoms with E-state index in [1.54, 1.807) is 0 Å². The Morgan fingerprint density at radius 1 is 0.744 bits per heavy atom. The van der Waals surface area contributed by atoms with Gasteiger partial charge >= 0.3 is 0 Å². The van der Waals surface area contributed by atoms with Gasteiger partial charge in [-0.1, -0.05) is 124 Å². The molecule has 0 amide bonds. The first kappa shape index (κ1) is 25.0. The zero-order chi connectivity index (χ0) is 28.9. The van der Waals surface area contributed by atoms with Crippen LogP contribution in [0.2, 0.25) is 0 Å². The van der Waals surface area contributed by atoms with Crippen molar-refractivity contribution in [3.05, 3.63) is 114 Å². The highest BCUT2D eigenvalue weighted by molar-refractivity contribution is 6.73. The zero-order valence-electron chi connectivity index (χ0n) is 25.2. The SMILES string of the molecule is CCCCCc1cc(-c2cccc3c4c([nH]c23)C(C)(C)c2ccccc2-4)c2c(c1)-n1c3ccccc3c3cccc(c31)B2. The number of para-hydroxylation sites is 3. The first-order valence-corrected chi connectivity index (χ1v) is 16.0. The van der Waals surface area contributed by atoms with Crippen LogP contribution < -0.4 is 10.9 Å². The van der Waals surface area contributed by atoms with Crippen LogP contribution in [-0.2, 0) is 11.8 Å². The van der Waals surface area contributed by atoms with Crippen molar-refractivity contribution in [3.8, 4) is 27.9 Å². The highest BCUT2D eigenvalue weighted by Gasteiger charge is 2.38. The van der Waals surface area contributed by atoms with E-state index in [1.165, 1.54) is 108 Å². The molecule has 1 aliphatic heterocycles. The van der Waals surface area contributed by atoms with Gasteiger partial charge in [-0.25, -0.2) is 0 Å². The average molecular weight is 555 g/mol. The van der Waals surface area contributed by atoms with Crippen molar-refractivity contribution in [1.29, 1.82) is 0 Å². The maximum Gasteiger partial charge on any atom is 0.198 e. The second kappa shape index (κ2) is 9.00. The maximum atomic E-state index is 4.02. The highest BCUT2D eigenvalue weighted by Crippen LogP contribution is 2.52. The Kier molecular flexibility index (Phi) is 5.24. The number of hydrogen-bond acceptors (Lipinski definition) is 0. The molecule has 0 spiro atoms. The Morgan fingerprint density at radius 3 is 2.42 bits per heavy atom. The highest BCUT2D eigenvalue weighted by atomic mass is 15.0. The summed E-state index contributed by atoms with van der Waals surface area (Å²) >= 11 is 0. The second-order valence-corrected chi connectivity index (χ2v) is 13.2. The Hall–Kier alpha value is -4.50. The topological polar surface area (TPSA) is 20.7 Å². The van der Waals surface area contributed by atoms with Crippen molar-refractivity contribution in [1.82, 2.24) is 9.55 Å². The van der Waals surface area contributed by atoms with Crippen LogP contribution in [0.15, 0.2) is 97.1 Å². The summed E-state index contributed by atoms with van der Waals surface area (Å²) in [7, 11) is 0.943. The normalized spacial score (nSPS) is 14.2. The lowest BCUT2D eigenvalue weighted by Gasteiger charge is -2.25. The Morgan fingerprint density at radius 2 is 1.51 bits per heavy atom. The minimum absolute atomic E-state index is 0.0573. The lowest BCUT2D eigenvalue weighted by atomic mass is 9.59. The van der Waals surface area contributed by atoms with Gasteiger partial charge in [0.2, 0.25) is 0 Å². The molecule has 0 radical (unpaired) electrons. The van der Waals surface area contributed by atoms with Gasteiger partial charge in [0, 0.05) is 49.6 Å². The monoisotopic (exact) mass is 554 g/mol. The minimum atomic E-state index is -0.0573. The first-order chi connectivity index (χ1) is 21.1. The third-order valence-corrected chi connectivity index (χ3v) is 10.4. The Balaban J connectivity index is 1.35. The van der Waals surface area contributed by atoms with Crippen LogP contribution in [0.1, 0.15) is 56.9 Å². The molecule has 2 nitrogen and oxygen atoms in total. The molecule has 43 heavy (non-hydrogen) atoms. The van der Waals surface area contributed by atoms with Crippen LogP contribution in [0.5, 0.6) is 0 Å². The number of nitrogens with one attached hydrogen (secondary N) is 1. The summed E-state index contributed by atoms with van der Waals surface area (Å²) < 4.78 is 2.57. The molecule has 2 aliphatic rings. The van der Waals surface area contributed by atoms with Crippen molar-refractivity contribution >= 4 is 50.9 Å². The first-order valence-electron chi connectivity index (χ1n) is 16.0. The third kappa shape index (κ3) is 3.37. The van der Waals surface area contributed by atoms with Gasteiger partial charge in [-0.05, 0) is 52.7 Å². The maximum absolute atomic E-state index is 4.02. The van der Waals surface area contributed by atoms with Gasteiger partial charge in [0.05, 0.1) is 11.0 Å². The van der Waals surface area contributed by atoms with E-state index < -0.39 is 0 Å². The number of rotatable bonds is 5. The molecule has 9 rings (SSSR count). The lowest BCUT2D eigenvalue weighted by molar-refractivity contribution is 0.642. The third-order valence-electron chi connectivity index (χ3n) is 10.4. The quantitative estimate of drug-likeness (QED) is 0.162. The summed E-state index contributed by atoms with van der Waals surface area (Å²) in [5.41, 5.74) is 17.7. The molecule has 5 aromatic carbocycles. The molecule has 208 valence electrons.